The normalized spacial score (nSPS) is 16.4. The van der Waals surface area contributed by atoms with Crippen molar-refractivity contribution in [2.45, 2.75) is 32.9 Å². The van der Waals surface area contributed by atoms with E-state index in [1.54, 1.807) is 17.2 Å². The number of carbonyl (C=O) groups excluding carboxylic acids is 1. The van der Waals surface area contributed by atoms with Gasteiger partial charge in [-0.05, 0) is 32.9 Å². The maximum absolute atomic E-state index is 12.1. The lowest BCUT2D eigenvalue weighted by Crippen LogP contribution is -2.49. The summed E-state index contributed by atoms with van der Waals surface area (Å²) in [7, 11) is 0. The van der Waals surface area contributed by atoms with Gasteiger partial charge in [0.15, 0.2) is 5.76 Å². The van der Waals surface area contributed by atoms with Crippen LogP contribution < -0.4 is 0 Å². The van der Waals surface area contributed by atoms with Crippen LogP contribution in [0.5, 0.6) is 0 Å². The van der Waals surface area contributed by atoms with Gasteiger partial charge in [0.05, 0.1) is 12.8 Å². The van der Waals surface area contributed by atoms with Crippen molar-refractivity contribution in [3.63, 3.8) is 0 Å². The predicted octanol–water partition coefficient (Wildman–Crippen LogP) is 2.12. The average molecular weight is 333 g/mol. The lowest BCUT2D eigenvalue weighted by atomic mass is 10.2. The first-order valence-electron chi connectivity index (χ1n) is 8.06. The molecule has 2 aromatic rings. The van der Waals surface area contributed by atoms with E-state index >= 15 is 0 Å². The fourth-order valence-electron chi connectivity index (χ4n) is 2.51. The Balaban J connectivity index is 1.50. The third-order valence-corrected chi connectivity index (χ3v) is 3.67. The van der Waals surface area contributed by atoms with Crippen molar-refractivity contribution in [2.75, 3.05) is 26.2 Å². The minimum Gasteiger partial charge on any atom is -0.461 e. The van der Waals surface area contributed by atoms with E-state index in [1.807, 2.05) is 26.8 Å². The Labute approximate surface area is 140 Å². The first kappa shape index (κ1) is 16.5. The topological polar surface area (TPSA) is 87.5 Å². The molecule has 0 saturated carbocycles. The zero-order valence-corrected chi connectivity index (χ0v) is 14.3. The Morgan fingerprint density at radius 1 is 1.33 bits per heavy atom. The highest BCUT2D eigenvalue weighted by Gasteiger charge is 2.26. The number of carbonyl (C=O) groups is 1. The van der Waals surface area contributed by atoms with Crippen LogP contribution in [0.25, 0.3) is 11.6 Å². The summed E-state index contributed by atoms with van der Waals surface area (Å²) in [4.78, 5) is 20.5. The number of furan rings is 1. The second-order valence-electron chi connectivity index (χ2n) is 6.83. The number of aromatic nitrogens is 3. The van der Waals surface area contributed by atoms with E-state index in [-0.39, 0.29) is 6.09 Å². The van der Waals surface area contributed by atoms with Gasteiger partial charge in [0, 0.05) is 26.2 Å². The number of piperazine rings is 1. The van der Waals surface area contributed by atoms with Crippen molar-refractivity contribution < 1.29 is 13.9 Å². The van der Waals surface area contributed by atoms with Gasteiger partial charge in [0.25, 0.3) is 0 Å². The summed E-state index contributed by atoms with van der Waals surface area (Å²) in [6.45, 7) is 9.13. The van der Waals surface area contributed by atoms with Crippen LogP contribution in [0.2, 0.25) is 0 Å². The van der Waals surface area contributed by atoms with Crippen molar-refractivity contribution >= 4 is 6.09 Å². The highest BCUT2D eigenvalue weighted by atomic mass is 16.6. The highest BCUT2D eigenvalue weighted by molar-refractivity contribution is 5.68. The minimum absolute atomic E-state index is 0.248. The molecule has 8 nitrogen and oxygen atoms in total. The number of ether oxygens (including phenoxy) is 1. The van der Waals surface area contributed by atoms with Crippen LogP contribution in [0.3, 0.4) is 0 Å². The summed E-state index contributed by atoms with van der Waals surface area (Å²) < 4.78 is 10.7. The molecule has 0 atom stereocenters. The molecule has 0 aromatic carbocycles. The van der Waals surface area contributed by atoms with Gasteiger partial charge in [0.1, 0.15) is 11.4 Å². The van der Waals surface area contributed by atoms with Crippen LogP contribution in [-0.4, -0.2) is 62.9 Å². The summed E-state index contributed by atoms with van der Waals surface area (Å²) in [6, 6.07) is 3.63. The van der Waals surface area contributed by atoms with Crippen LogP contribution in [-0.2, 0) is 11.3 Å². The fourth-order valence-corrected chi connectivity index (χ4v) is 2.51. The molecular formula is C16H23N5O3. The first-order valence-corrected chi connectivity index (χ1v) is 8.06. The molecule has 0 unspecified atom stereocenters. The van der Waals surface area contributed by atoms with Gasteiger partial charge in [-0.2, -0.15) is 0 Å². The molecule has 0 spiro atoms. The maximum Gasteiger partial charge on any atom is 0.410 e. The number of H-pyrrole nitrogens is 1. The average Bonchev–Trinajstić information content (AvgIpc) is 3.16. The quantitative estimate of drug-likeness (QED) is 0.926. The highest BCUT2D eigenvalue weighted by Crippen LogP contribution is 2.16. The zero-order chi connectivity index (χ0) is 17.2. The standard InChI is InChI=1S/C16H23N5O3/c1-16(2,3)24-15(22)21-8-6-20(7-9-21)11-13-17-14(19-18-13)12-5-4-10-23-12/h4-5,10H,6-9,11H2,1-3H3,(H,17,18,19). The first-order chi connectivity index (χ1) is 11.4. The molecule has 3 heterocycles. The molecule has 1 fully saturated rings. The van der Waals surface area contributed by atoms with E-state index in [0.29, 0.717) is 31.2 Å². The fraction of sp³-hybridized carbons (Fsp3) is 0.562. The Morgan fingerprint density at radius 2 is 2.08 bits per heavy atom. The van der Waals surface area contributed by atoms with E-state index in [9.17, 15) is 4.79 Å². The number of amides is 1. The van der Waals surface area contributed by atoms with Gasteiger partial charge in [-0.1, -0.05) is 0 Å². The minimum atomic E-state index is -0.462. The molecule has 1 aliphatic rings. The molecule has 1 saturated heterocycles. The van der Waals surface area contributed by atoms with Crippen LogP contribution in [0.4, 0.5) is 4.79 Å². The van der Waals surface area contributed by atoms with E-state index in [2.05, 4.69) is 20.1 Å². The van der Waals surface area contributed by atoms with Crippen molar-refractivity contribution in [3.05, 3.63) is 24.2 Å². The SMILES string of the molecule is CC(C)(C)OC(=O)N1CCN(Cc2nc(-c3ccco3)n[nH]2)CC1. The van der Waals surface area contributed by atoms with E-state index < -0.39 is 5.60 Å². The smallest absolute Gasteiger partial charge is 0.410 e. The molecule has 1 N–H and O–H groups in total. The van der Waals surface area contributed by atoms with Crippen molar-refractivity contribution in [1.29, 1.82) is 0 Å². The molecule has 8 heteroatoms. The van der Waals surface area contributed by atoms with Gasteiger partial charge in [-0.3, -0.25) is 10.00 Å². The monoisotopic (exact) mass is 333 g/mol. The second-order valence-corrected chi connectivity index (χ2v) is 6.83. The number of nitrogens with zero attached hydrogens (tertiary/aromatic N) is 4. The molecule has 3 rings (SSSR count). The predicted molar refractivity (Wildman–Crippen MR) is 87.2 cm³/mol. The van der Waals surface area contributed by atoms with Gasteiger partial charge in [-0.25, -0.2) is 9.78 Å². The summed E-state index contributed by atoms with van der Waals surface area (Å²) in [5.41, 5.74) is -0.462. The van der Waals surface area contributed by atoms with E-state index in [1.165, 1.54) is 0 Å². The van der Waals surface area contributed by atoms with Gasteiger partial charge >= 0.3 is 6.09 Å². The third kappa shape index (κ3) is 4.14. The number of rotatable bonds is 3. The van der Waals surface area contributed by atoms with Gasteiger partial charge < -0.3 is 14.1 Å². The maximum atomic E-state index is 12.1. The Morgan fingerprint density at radius 3 is 2.71 bits per heavy atom. The molecule has 0 bridgehead atoms. The van der Waals surface area contributed by atoms with Crippen LogP contribution in [0.1, 0.15) is 26.6 Å². The van der Waals surface area contributed by atoms with Gasteiger partial charge in [-0.15, -0.1) is 5.10 Å². The lowest BCUT2D eigenvalue weighted by molar-refractivity contribution is 0.0137. The molecule has 1 aliphatic heterocycles. The molecule has 1 amide bonds. The molecule has 130 valence electrons. The molecule has 0 radical (unpaired) electrons. The zero-order valence-electron chi connectivity index (χ0n) is 14.3. The summed E-state index contributed by atoms with van der Waals surface area (Å²) in [5.74, 6) is 1.99. The Hall–Kier alpha value is -2.35. The second kappa shape index (κ2) is 6.64. The molecule has 0 aliphatic carbocycles. The number of hydrogen-bond donors (Lipinski definition) is 1. The number of aromatic amines is 1. The lowest BCUT2D eigenvalue weighted by Gasteiger charge is -2.35. The van der Waals surface area contributed by atoms with Crippen LogP contribution in [0, 0.1) is 0 Å². The van der Waals surface area contributed by atoms with E-state index in [0.717, 1.165) is 18.9 Å². The summed E-state index contributed by atoms with van der Waals surface area (Å²) in [5, 5.41) is 7.10. The van der Waals surface area contributed by atoms with Crippen LogP contribution >= 0.6 is 0 Å². The Kier molecular flexibility index (Phi) is 4.57. The third-order valence-electron chi connectivity index (χ3n) is 3.67. The van der Waals surface area contributed by atoms with Crippen LogP contribution in [0.15, 0.2) is 22.8 Å². The summed E-state index contributed by atoms with van der Waals surface area (Å²) >= 11 is 0. The molecule has 24 heavy (non-hydrogen) atoms. The van der Waals surface area contributed by atoms with Crippen molar-refractivity contribution in [1.82, 2.24) is 25.0 Å². The Bertz CT molecular complexity index is 666. The van der Waals surface area contributed by atoms with Crippen molar-refractivity contribution in [3.8, 4) is 11.6 Å². The summed E-state index contributed by atoms with van der Waals surface area (Å²) in [6.07, 6.45) is 1.35. The van der Waals surface area contributed by atoms with Crippen molar-refractivity contribution in [2.24, 2.45) is 0 Å². The molecule has 2 aromatic heterocycles. The number of nitrogens with one attached hydrogen (secondary N) is 1. The number of hydrogen-bond acceptors (Lipinski definition) is 6. The molecular weight excluding hydrogens is 310 g/mol. The largest absolute Gasteiger partial charge is 0.461 e. The van der Waals surface area contributed by atoms with Gasteiger partial charge in [0.2, 0.25) is 5.82 Å². The van der Waals surface area contributed by atoms with E-state index in [4.69, 9.17) is 9.15 Å².